The molecule has 1 aromatic rings. The molecule has 0 bridgehead atoms. The summed E-state index contributed by atoms with van der Waals surface area (Å²) >= 11 is 0. The molecule has 4 rings (SSSR count). The van der Waals surface area contributed by atoms with Gasteiger partial charge in [0.05, 0.1) is 6.10 Å². The molecule has 2 heterocycles. The molecular weight excluding hydrogens is 360 g/mol. The second-order valence-corrected chi connectivity index (χ2v) is 9.52. The largest absolute Gasteiger partial charge is 0.393 e. The lowest BCUT2D eigenvalue weighted by molar-refractivity contribution is -0.132. The zero-order chi connectivity index (χ0) is 20.2. The Bertz CT molecular complexity index is 700. The van der Waals surface area contributed by atoms with Gasteiger partial charge in [-0.3, -0.25) is 9.69 Å². The Kier molecular flexibility index (Phi) is 6.92. The van der Waals surface area contributed by atoms with Crippen LogP contribution in [-0.2, 0) is 24.1 Å². The first kappa shape index (κ1) is 20.9. The molecular formula is C25H38N2O2. The van der Waals surface area contributed by atoms with Crippen molar-refractivity contribution in [2.45, 2.75) is 83.3 Å². The lowest BCUT2D eigenvalue weighted by atomic mass is 9.89. The molecule has 0 aromatic heterocycles. The van der Waals surface area contributed by atoms with E-state index in [0.717, 1.165) is 57.7 Å². The van der Waals surface area contributed by atoms with Crippen LogP contribution in [0, 0.1) is 5.92 Å². The van der Waals surface area contributed by atoms with Crippen LogP contribution in [0.1, 0.15) is 68.6 Å². The van der Waals surface area contributed by atoms with Crippen LogP contribution in [0.2, 0.25) is 0 Å². The zero-order valence-electron chi connectivity index (χ0n) is 18.1. The summed E-state index contributed by atoms with van der Waals surface area (Å²) in [5.74, 6) is 0.692. The second-order valence-electron chi connectivity index (χ2n) is 9.52. The van der Waals surface area contributed by atoms with Crippen molar-refractivity contribution in [2.75, 3.05) is 26.2 Å². The summed E-state index contributed by atoms with van der Waals surface area (Å²) in [5, 5.41) is 10.7. The van der Waals surface area contributed by atoms with Crippen LogP contribution in [0.25, 0.3) is 0 Å². The lowest BCUT2D eigenvalue weighted by Crippen LogP contribution is -2.41. The van der Waals surface area contributed by atoms with Gasteiger partial charge in [0, 0.05) is 38.6 Å². The number of aliphatic hydroxyl groups excluding tert-OH is 1. The molecule has 4 heteroatoms. The fraction of sp³-hybridized carbons (Fsp3) is 0.720. The highest BCUT2D eigenvalue weighted by Crippen LogP contribution is 2.28. The summed E-state index contributed by atoms with van der Waals surface area (Å²) < 4.78 is 0. The van der Waals surface area contributed by atoms with Gasteiger partial charge in [-0.05, 0) is 74.0 Å². The van der Waals surface area contributed by atoms with Crippen LogP contribution >= 0.6 is 0 Å². The third-order valence-corrected chi connectivity index (χ3v) is 7.45. The van der Waals surface area contributed by atoms with Crippen LogP contribution in [-0.4, -0.2) is 59.1 Å². The van der Waals surface area contributed by atoms with E-state index in [9.17, 15) is 9.90 Å². The molecule has 0 spiro atoms. The van der Waals surface area contributed by atoms with E-state index in [4.69, 9.17) is 0 Å². The van der Waals surface area contributed by atoms with E-state index in [1.54, 1.807) is 0 Å². The topological polar surface area (TPSA) is 43.8 Å². The molecule has 3 aliphatic rings. The number of rotatable bonds is 6. The molecule has 160 valence electrons. The van der Waals surface area contributed by atoms with E-state index in [2.05, 4.69) is 23.1 Å². The molecule has 2 atom stereocenters. The van der Waals surface area contributed by atoms with Gasteiger partial charge in [0.25, 0.3) is 0 Å². The molecule has 1 saturated carbocycles. The molecule has 1 aliphatic carbocycles. The highest BCUT2D eigenvalue weighted by Gasteiger charge is 2.27. The number of piperidine rings is 1. The van der Waals surface area contributed by atoms with Crippen LogP contribution in [0.15, 0.2) is 18.2 Å². The smallest absolute Gasteiger partial charge is 0.222 e. The van der Waals surface area contributed by atoms with Gasteiger partial charge < -0.3 is 10.0 Å². The zero-order valence-corrected chi connectivity index (χ0v) is 18.1. The number of nitrogens with zero attached hydrogens (tertiary/aromatic N) is 2. The monoisotopic (exact) mass is 398 g/mol. The first-order valence-corrected chi connectivity index (χ1v) is 11.9. The normalized spacial score (nSPS) is 24.5. The Labute approximate surface area is 176 Å². The number of benzene rings is 1. The standard InChI is InChI=1S/C25H38N2O2/c1-2-25(29)27-12-4-5-20(18-27)17-24(28)16-19-8-9-21-10-13-26(23-6-3-7-23)14-11-22(21)15-19/h8-9,15,20,23-24,28H,2-7,10-14,16-18H2,1H3. The Balaban J connectivity index is 1.30. The van der Waals surface area contributed by atoms with Crippen molar-refractivity contribution in [3.63, 3.8) is 0 Å². The predicted molar refractivity (Wildman–Crippen MR) is 117 cm³/mol. The third kappa shape index (κ3) is 5.21. The Morgan fingerprint density at radius 2 is 1.90 bits per heavy atom. The average Bonchev–Trinajstić information content (AvgIpc) is 2.88. The molecule has 0 radical (unpaired) electrons. The minimum Gasteiger partial charge on any atom is -0.393 e. The van der Waals surface area contributed by atoms with Crippen molar-refractivity contribution < 1.29 is 9.90 Å². The van der Waals surface area contributed by atoms with Crippen molar-refractivity contribution in [3.8, 4) is 0 Å². The Morgan fingerprint density at radius 3 is 2.62 bits per heavy atom. The van der Waals surface area contributed by atoms with Gasteiger partial charge in [-0.1, -0.05) is 31.5 Å². The van der Waals surface area contributed by atoms with E-state index in [1.807, 2.05) is 11.8 Å². The third-order valence-electron chi connectivity index (χ3n) is 7.45. The summed E-state index contributed by atoms with van der Waals surface area (Å²) in [7, 11) is 0. The second kappa shape index (κ2) is 9.61. The van der Waals surface area contributed by atoms with Gasteiger partial charge >= 0.3 is 0 Å². The van der Waals surface area contributed by atoms with E-state index < -0.39 is 0 Å². The van der Waals surface area contributed by atoms with E-state index in [1.165, 1.54) is 49.0 Å². The van der Waals surface area contributed by atoms with Gasteiger partial charge in [-0.25, -0.2) is 0 Å². The van der Waals surface area contributed by atoms with E-state index in [-0.39, 0.29) is 12.0 Å². The molecule has 2 fully saturated rings. The molecule has 1 aromatic carbocycles. The Hall–Kier alpha value is -1.39. The fourth-order valence-electron chi connectivity index (χ4n) is 5.49. The number of amides is 1. The molecule has 1 amide bonds. The maximum absolute atomic E-state index is 12.0. The van der Waals surface area contributed by atoms with Crippen LogP contribution < -0.4 is 0 Å². The van der Waals surface area contributed by atoms with Gasteiger partial charge in [0.15, 0.2) is 0 Å². The Morgan fingerprint density at radius 1 is 1.10 bits per heavy atom. The fourth-order valence-corrected chi connectivity index (χ4v) is 5.49. The molecule has 29 heavy (non-hydrogen) atoms. The maximum atomic E-state index is 12.0. The number of hydrogen-bond acceptors (Lipinski definition) is 3. The highest BCUT2D eigenvalue weighted by molar-refractivity contribution is 5.75. The molecule has 1 saturated heterocycles. The van der Waals surface area contributed by atoms with Crippen molar-refractivity contribution in [1.82, 2.24) is 9.80 Å². The minimum atomic E-state index is -0.313. The maximum Gasteiger partial charge on any atom is 0.222 e. The predicted octanol–water partition coefficient (Wildman–Crippen LogP) is 3.58. The van der Waals surface area contributed by atoms with Gasteiger partial charge in [-0.15, -0.1) is 0 Å². The van der Waals surface area contributed by atoms with Crippen molar-refractivity contribution in [3.05, 3.63) is 34.9 Å². The summed E-state index contributed by atoms with van der Waals surface area (Å²) in [6, 6.07) is 7.73. The average molecular weight is 399 g/mol. The number of aliphatic hydroxyl groups is 1. The summed E-state index contributed by atoms with van der Waals surface area (Å²) in [6.45, 7) is 6.04. The number of carbonyl (C=O) groups is 1. The first-order valence-electron chi connectivity index (χ1n) is 11.9. The van der Waals surface area contributed by atoms with E-state index in [0.29, 0.717) is 12.3 Å². The number of likely N-dealkylation sites (tertiary alicyclic amines) is 1. The summed E-state index contributed by atoms with van der Waals surface area (Å²) in [6.07, 6.45) is 10.5. The van der Waals surface area contributed by atoms with E-state index >= 15 is 0 Å². The number of fused-ring (bicyclic) bond motifs is 1. The number of hydrogen-bond donors (Lipinski definition) is 1. The van der Waals surface area contributed by atoms with Crippen LogP contribution in [0.4, 0.5) is 0 Å². The van der Waals surface area contributed by atoms with Crippen molar-refractivity contribution in [2.24, 2.45) is 5.92 Å². The van der Waals surface area contributed by atoms with Crippen LogP contribution in [0.5, 0.6) is 0 Å². The minimum absolute atomic E-state index is 0.255. The number of carbonyl (C=O) groups excluding carboxylic acids is 1. The summed E-state index contributed by atoms with van der Waals surface area (Å²) in [4.78, 5) is 16.7. The molecule has 4 nitrogen and oxygen atoms in total. The first-order chi connectivity index (χ1) is 14.1. The molecule has 2 aliphatic heterocycles. The summed E-state index contributed by atoms with van der Waals surface area (Å²) in [5.41, 5.74) is 4.27. The SMILES string of the molecule is CCC(=O)N1CCCC(CC(O)Cc2ccc3c(c2)CCN(C2CCC2)CC3)C1. The molecule has 2 unspecified atom stereocenters. The quantitative estimate of drug-likeness (QED) is 0.796. The molecule has 1 N–H and O–H groups in total. The van der Waals surface area contributed by atoms with Gasteiger partial charge in [0.2, 0.25) is 5.91 Å². The lowest BCUT2D eigenvalue weighted by Gasteiger charge is -2.36. The van der Waals surface area contributed by atoms with Crippen molar-refractivity contribution in [1.29, 1.82) is 0 Å². The highest BCUT2D eigenvalue weighted by atomic mass is 16.3. The van der Waals surface area contributed by atoms with Crippen LogP contribution in [0.3, 0.4) is 0 Å². The van der Waals surface area contributed by atoms with Gasteiger partial charge in [-0.2, -0.15) is 0 Å². The van der Waals surface area contributed by atoms with Crippen molar-refractivity contribution >= 4 is 5.91 Å². The van der Waals surface area contributed by atoms with Gasteiger partial charge in [0.1, 0.15) is 0 Å².